The number of hydrogen-bond donors (Lipinski definition) is 1. The Morgan fingerprint density at radius 2 is 1.81 bits per heavy atom. The molecule has 1 aromatic carbocycles. The number of aryl methyl sites for hydroxylation is 1. The van der Waals surface area contributed by atoms with Gasteiger partial charge in [-0.25, -0.2) is 9.97 Å². The highest BCUT2D eigenvalue weighted by Crippen LogP contribution is 2.29. The molecule has 1 amide bonds. The van der Waals surface area contributed by atoms with Gasteiger partial charge in [0.15, 0.2) is 0 Å². The number of amides is 1. The molecule has 2 heterocycles. The fourth-order valence-electron chi connectivity index (χ4n) is 2.85. The van der Waals surface area contributed by atoms with E-state index >= 15 is 0 Å². The third kappa shape index (κ3) is 4.30. The van der Waals surface area contributed by atoms with Gasteiger partial charge in [-0.1, -0.05) is 0 Å². The molecule has 0 radical (unpaired) electrons. The third-order valence-corrected chi connectivity index (χ3v) is 4.19. The smallest absolute Gasteiger partial charge is 0.346 e. The number of carbonyl (C=O) groups excluding carboxylic acids is 1. The molecule has 0 bridgehead atoms. The van der Waals surface area contributed by atoms with Crippen LogP contribution in [0.5, 0.6) is 0 Å². The lowest BCUT2D eigenvalue weighted by atomic mass is 10.1. The van der Waals surface area contributed by atoms with E-state index in [2.05, 4.69) is 20.2 Å². The van der Waals surface area contributed by atoms with Crippen LogP contribution < -0.4 is 10.2 Å². The second-order valence-corrected chi connectivity index (χ2v) is 6.25. The standard InChI is InChI=1S/C18H19F3N4O/c1-12-10-15(24-17(23-12)25-8-2-3-9-25)11-22-16(26)13-4-6-14(7-5-13)18(19,20)21/h4-7,10H,2-3,8-9,11H2,1H3,(H,22,26). The van der Waals surface area contributed by atoms with Crippen molar-refractivity contribution in [2.24, 2.45) is 0 Å². The Morgan fingerprint density at radius 3 is 2.42 bits per heavy atom. The second kappa shape index (κ2) is 7.31. The van der Waals surface area contributed by atoms with E-state index in [1.54, 1.807) is 6.07 Å². The first-order chi connectivity index (χ1) is 12.3. The molecular formula is C18H19F3N4O. The molecule has 5 nitrogen and oxygen atoms in total. The van der Waals surface area contributed by atoms with Gasteiger partial charge < -0.3 is 10.2 Å². The first-order valence-electron chi connectivity index (χ1n) is 8.38. The van der Waals surface area contributed by atoms with Gasteiger partial charge in [-0.05, 0) is 50.1 Å². The van der Waals surface area contributed by atoms with Crippen LogP contribution in [0.2, 0.25) is 0 Å². The molecule has 8 heteroatoms. The molecule has 138 valence electrons. The van der Waals surface area contributed by atoms with Crippen LogP contribution in [0, 0.1) is 6.92 Å². The summed E-state index contributed by atoms with van der Waals surface area (Å²) in [7, 11) is 0. The summed E-state index contributed by atoms with van der Waals surface area (Å²) in [5, 5.41) is 2.69. The van der Waals surface area contributed by atoms with Gasteiger partial charge in [0.2, 0.25) is 5.95 Å². The quantitative estimate of drug-likeness (QED) is 0.904. The molecule has 1 fully saturated rings. The Labute approximate surface area is 149 Å². The van der Waals surface area contributed by atoms with Gasteiger partial charge in [-0.2, -0.15) is 13.2 Å². The number of benzene rings is 1. The summed E-state index contributed by atoms with van der Waals surface area (Å²) in [4.78, 5) is 23.2. The maximum atomic E-state index is 12.6. The summed E-state index contributed by atoms with van der Waals surface area (Å²) in [6.07, 6.45) is -2.20. The van der Waals surface area contributed by atoms with E-state index in [9.17, 15) is 18.0 Å². The van der Waals surface area contributed by atoms with Gasteiger partial charge in [-0.3, -0.25) is 4.79 Å². The number of alkyl halides is 3. The Kier molecular flexibility index (Phi) is 5.11. The Morgan fingerprint density at radius 1 is 1.15 bits per heavy atom. The summed E-state index contributed by atoms with van der Waals surface area (Å²) in [5.41, 5.74) is 0.861. The van der Waals surface area contributed by atoms with Crippen LogP contribution in [0.25, 0.3) is 0 Å². The molecule has 1 N–H and O–H groups in total. The summed E-state index contributed by atoms with van der Waals surface area (Å²) in [5.74, 6) is 0.207. The van der Waals surface area contributed by atoms with Crippen LogP contribution in [0.1, 0.15) is 40.2 Å². The van der Waals surface area contributed by atoms with E-state index in [0.717, 1.165) is 43.8 Å². The van der Waals surface area contributed by atoms with Crippen molar-refractivity contribution in [1.82, 2.24) is 15.3 Å². The fourth-order valence-corrected chi connectivity index (χ4v) is 2.85. The van der Waals surface area contributed by atoms with Gasteiger partial charge >= 0.3 is 6.18 Å². The zero-order valence-corrected chi connectivity index (χ0v) is 14.3. The Bertz CT molecular complexity index is 784. The predicted octanol–water partition coefficient (Wildman–Crippen LogP) is 3.33. The monoisotopic (exact) mass is 364 g/mol. The number of halogens is 3. The van der Waals surface area contributed by atoms with E-state index in [4.69, 9.17) is 0 Å². The minimum Gasteiger partial charge on any atom is -0.346 e. The van der Waals surface area contributed by atoms with Crippen molar-refractivity contribution in [3.63, 3.8) is 0 Å². The molecule has 1 saturated heterocycles. The number of hydrogen-bond acceptors (Lipinski definition) is 4. The minimum absolute atomic E-state index is 0.170. The average molecular weight is 364 g/mol. The minimum atomic E-state index is -4.42. The largest absolute Gasteiger partial charge is 0.416 e. The van der Waals surface area contributed by atoms with Gasteiger partial charge in [0.1, 0.15) is 0 Å². The molecule has 0 spiro atoms. The van der Waals surface area contributed by atoms with Crippen molar-refractivity contribution in [2.45, 2.75) is 32.5 Å². The van der Waals surface area contributed by atoms with Crippen LogP contribution in [-0.4, -0.2) is 29.0 Å². The number of nitrogens with zero attached hydrogens (tertiary/aromatic N) is 3. The Balaban J connectivity index is 1.65. The molecule has 26 heavy (non-hydrogen) atoms. The SMILES string of the molecule is Cc1cc(CNC(=O)c2ccc(C(F)(F)F)cc2)nc(N2CCCC2)n1. The first-order valence-corrected chi connectivity index (χ1v) is 8.38. The molecule has 0 atom stereocenters. The third-order valence-electron chi connectivity index (χ3n) is 4.19. The molecule has 2 aromatic rings. The highest BCUT2D eigenvalue weighted by Gasteiger charge is 2.30. The number of aromatic nitrogens is 2. The molecule has 0 saturated carbocycles. The van der Waals surface area contributed by atoms with Crippen molar-refractivity contribution in [3.05, 3.63) is 52.8 Å². The lowest BCUT2D eigenvalue weighted by Crippen LogP contribution is -2.25. The highest BCUT2D eigenvalue weighted by atomic mass is 19.4. The van der Waals surface area contributed by atoms with Crippen molar-refractivity contribution < 1.29 is 18.0 Å². The van der Waals surface area contributed by atoms with Crippen LogP contribution in [0.15, 0.2) is 30.3 Å². The summed E-state index contributed by atoms with van der Waals surface area (Å²) >= 11 is 0. The lowest BCUT2D eigenvalue weighted by Gasteiger charge is -2.16. The Hall–Kier alpha value is -2.64. The normalized spacial score (nSPS) is 14.5. The lowest BCUT2D eigenvalue weighted by molar-refractivity contribution is -0.137. The number of carbonyl (C=O) groups is 1. The second-order valence-electron chi connectivity index (χ2n) is 6.25. The summed E-state index contributed by atoms with van der Waals surface area (Å²) in [6, 6.07) is 5.91. The van der Waals surface area contributed by atoms with Crippen LogP contribution >= 0.6 is 0 Å². The number of nitrogens with one attached hydrogen (secondary N) is 1. The van der Waals surface area contributed by atoms with Gasteiger partial charge in [0.05, 0.1) is 17.8 Å². The van der Waals surface area contributed by atoms with E-state index < -0.39 is 17.6 Å². The zero-order valence-electron chi connectivity index (χ0n) is 14.3. The van der Waals surface area contributed by atoms with Crippen molar-refractivity contribution in [2.75, 3.05) is 18.0 Å². The topological polar surface area (TPSA) is 58.1 Å². The maximum Gasteiger partial charge on any atom is 0.416 e. The number of anilines is 1. The fraction of sp³-hybridized carbons (Fsp3) is 0.389. The van der Waals surface area contributed by atoms with Gasteiger partial charge in [-0.15, -0.1) is 0 Å². The van der Waals surface area contributed by atoms with Crippen molar-refractivity contribution in [3.8, 4) is 0 Å². The number of rotatable bonds is 4. The molecular weight excluding hydrogens is 345 g/mol. The molecule has 1 aliphatic heterocycles. The van der Waals surface area contributed by atoms with E-state index in [0.29, 0.717) is 11.6 Å². The molecule has 1 aromatic heterocycles. The van der Waals surface area contributed by atoms with E-state index in [-0.39, 0.29) is 12.1 Å². The summed E-state index contributed by atoms with van der Waals surface area (Å²) < 4.78 is 37.7. The predicted molar refractivity (Wildman–Crippen MR) is 90.8 cm³/mol. The van der Waals surface area contributed by atoms with Crippen LogP contribution in [0.3, 0.4) is 0 Å². The molecule has 1 aliphatic rings. The first kappa shape index (κ1) is 18.2. The van der Waals surface area contributed by atoms with Crippen LogP contribution in [-0.2, 0) is 12.7 Å². The van der Waals surface area contributed by atoms with Crippen LogP contribution in [0.4, 0.5) is 19.1 Å². The average Bonchev–Trinajstić information content (AvgIpc) is 3.13. The molecule has 3 rings (SSSR count). The zero-order chi connectivity index (χ0) is 18.7. The van der Waals surface area contributed by atoms with E-state index in [1.165, 1.54) is 12.1 Å². The van der Waals surface area contributed by atoms with Gasteiger partial charge in [0, 0.05) is 24.3 Å². The van der Waals surface area contributed by atoms with Gasteiger partial charge in [0.25, 0.3) is 5.91 Å². The van der Waals surface area contributed by atoms with Crippen molar-refractivity contribution >= 4 is 11.9 Å². The van der Waals surface area contributed by atoms with E-state index in [1.807, 2.05) is 6.92 Å². The highest BCUT2D eigenvalue weighted by molar-refractivity contribution is 5.94. The maximum absolute atomic E-state index is 12.6. The molecule has 0 unspecified atom stereocenters. The summed E-state index contributed by atoms with van der Waals surface area (Å²) in [6.45, 7) is 3.88. The van der Waals surface area contributed by atoms with Crippen molar-refractivity contribution in [1.29, 1.82) is 0 Å². The molecule has 0 aliphatic carbocycles.